The average molecular weight is 298 g/mol. The topological polar surface area (TPSA) is 9.72 Å². The number of piperazine rings is 1. The fourth-order valence-electron chi connectivity index (χ4n) is 3.72. The van der Waals surface area contributed by atoms with Crippen LogP contribution >= 0.6 is 0 Å². The Hall–Kier alpha value is -0.120. The lowest BCUT2D eigenvalue weighted by molar-refractivity contribution is 0.00753. The van der Waals surface area contributed by atoms with Gasteiger partial charge in [0.1, 0.15) is 0 Å². The molecule has 2 rings (SSSR count). The first-order chi connectivity index (χ1) is 9.97. The fourth-order valence-corrected chi connectivity index (χ4v) is 3.72. The van der Waals surface area contributed by atoms with E-state index in [9.17, 15) is 0 Å². The first kappa shape index (κ1) is 18.9. The van der Waals surface area contributed by atoms with Gasteiger partial charge in [-0.3, -0.25) is 9.80 Å². The molecule has 0 radical (unpaired) electrons. The van der Waals surface area contributed by atoms with Crippen LogP contribution in [-0.4, -0.2) is 72.6 Å². The smallest absolute Gasteiger partial charge is 0.0198 e. The molecule has 3 heteroatoms. The summed E-state index contributed by atoms with van der Waals surface area (Å²) in [5.74, 6) is 0.923. The number of piperidine rings is 1. The van der Waals surface area contributed by atoms with Gasteiger partial charge in [-0.25, -0.2) is 0 Å². The minimum absolute atomic E-state index is 0.690. The fraction of sp³-hybridized carbons (Fsp3) is 1.00. The van der Waals surface area contributed by atoms with Crippen molar-refractivity contribution in [2.24, 2.45) is 5.92 Å². The first-order valence-electron chi connectivity index (χ1n) is 9.15. The van der Waals surface area contributed by atoms with Crippen LogP contribution in [0.4, 0.5) is 0 Å². The molecule has 0 aromatic rings. The van der Waals surface area contributed by atoms with Gasteiger partial charge in [0.25, 0.3) is 0 Å². The van der Waals surface area contributed by atoms with Gasteiger partial charge >= 0.3 is 0 Å². The third kappa shape index (κ3) is 5.54. The van der Waals surface area contributed by atoms with Crippen molar-refractivity contribution in [3.8, 4) is 0 Å². The Labute approximate surface area is 133 Å². The van der Waals surface area contributed by atoms with E-state index in [1.54, 1.807) is 0 Å². The molecule has 126 valence electrons. The van der Waals surface area contributed by atoms with Crippen LogP contribution in [0, 0.1) is 5.92 Å². The lowest BCUT2D eigenvalue weighted by atomic mass is 9.94. The summed E-state index contributed by atoms with van der Waals surface area (Å²) < 4.78 is 0. The Morgan fingerprint density at radius 3 is 1.86 bits per heavy atom. The molecule has 2 aliphatic heterocycles. The molecule has 0 spiro atoms. The molecule has 21 heavy (non-hydrogen) atoms. The van der Waals surface area contributed by atoms with Crippen LogP contribution in [0.15, 0.2) is 0 Å². The number of hydrogen-bond donors (Lipinski definition) is 0. The van der Waals surface area contributed by atoms with E-state index < -0.39 is 0 Å². The highest BCUT2D eigenvalue weighted by atomic mass is 15.3. The van der Waals surface area contributed by atoms with E-state index in [4.69, 9.17) is 0 Å². The molecular formula is C18H39N3. The predicted molar refractivity (Wildman–Crippen MR) is 93.9 cm³/mol. The summed E-state index contributed by atoms with van der Waals surface area (Å²) in [6.45, 7) is 19.9. The zero-order chi connectivity index (χ0) is 16.0. The van der Waals surface area contributed by atoms with Crippen LogP contribution in [0.5, 0.6) is 0 Å². The standard InChI is InChI=1S/C16H33N3.C2H6/c1-13(2)18-10-14(3)19(15(4)11-18)12-16-6-8-17(5)9-7-16;1-2/h13-16H,6-12H2,1-5H3;1-2H3/t14-,15+;. The highest BCUT2D eigenvalue weighted by Gasteiger charge is 2.32. The summed E-state index contributed by atoms with van der Waals surface area (Å²) in [6.07, 6.45) is 2.78. The van der Waals surface area contributed by atoms with Gasteiger partial charge in [0.2, 0.25) is 0 Å². The van der Waals surface area contributed by atoms with Gasteiger partial charge in [0.15, 0.2) is 0 Å². The molecule has 2 atom stereocenters. The Balaban J connectivity index is 0.00000106. The minimum Gasteiger partial charge on any atom is -0.306 e. The molecule has 0 amide bonds. The van der Waals surface area contributed by atoms with Crippen molar-refractivity contribution in [2.75, 3.05) is 39.8 Å². The Bertz CT molecular complexity index is 260. The largest absolute Gasteiger partial charge is 0.306 e. The van der Waals surface area contributed by atoms with Gasteiger partial charge < -0.3 is 4.90 Å². The normalized spacial score (nSPS) is 30.3. The van der Waals surface area contributed by atoms with Crippen LogP contribution in [0.1, 0.15) is 54.4 Å². The monoisotopic (exact) mass is 297 g/mol. The molecule has 0 aliphatic carbocycles. The lowest BCUT2D eigenvalue weighted by Crippen LogP contribution is -2.59. The SMILES string of the molecule is CC.CC(C)N1C[C@@H](C)N(CC2CCN(C)CC2)[C@@H](C)C1. The van der Waals surface area contributed by atoms with Crippen molar-refractivity contribution >= 4 is 0 Å². The molecular weight excluding hydrogens is 258 g/mol. The van der Waals surface area contributed by atoms with Crippen molar-refractivity contribution in [3.05, 3.63) is 0 Å². The first-order valence-corrected chi connectivity index (χ1v) is 9.15. The molecule has 0 N–H and O–H groups in total. The van der Waals surface area contributed by atoms with Crippen LogP contribution in [-0.2, 0) is 0 Å². The number of hydrogen-bond acceptors (Lipinski definition) is 3. The van der Waals surface area contributed by atoms with Crippen LogP contribution < -0.4 is 0 Å². The third-order valence-electron chi connectivity index (χ3n) is 5.17. The molecule has 0 saturated carbocycles. The lowest BCUT2D eigenvalue weighted by Gasteiger charge is -2.47. The second-order valence-electron chi connectivity index (χ2n) is 7.19. The van der Waals surface area contributed by atoms with Gasteiger partial charge in [-0.1, -0.05) is 13.8 Å². The number of likely N-dealkylation sites (tertiary alicyclic amines) is 1. The molecule has 0 bridgehead atoms. The van der Waals surface area contributed by atoms with E-state index in [1.165, 1.54) is 45.6 Å². The van der Waals surface area contributed by atoms with Gasteiger partial charge in [0, 0.05) is 37.8 Å². The third-order valence-corrected chi connectivity index (χ3v) is 5.17. The number of rotatable bonds is 3. The Morgan fingerprint density at radius 2 is 1.43 bits per heavy atom. The van der Waals surface area contributed by atoms with Crippen molar-refractivity contribution in [3.63, 3.8) is 0 Å². The molecule has 2 heterocycles. The number of nitrogens with zero attached hydrogens (tertiary/aromatic N) is 3. The zero-order valence-corrected chi connectivity index (χ0v) is 15.6. The maximum atomic E-state index is 2.77. The van der Waals surface area contributed by atoms with Crippen LogP contribution in [0.25, 0.3) is 0 Å². The van der Waals surface area contributed by atoms with Crippen molar-refractivity contribution in [1.82, 2.24) is 14.7 Å². The second-order valence-corrected chi connectivity index (χ2v) is 7.19. The van der Waals surface area contributed by atoms with E-state index in [0.29, 0.717) is 18.1 Å². The molecule has 0 aromatic heterocycles. The molecule has 2 aliphatic rings. The second kappa shape index (κ2) is 9.12. The van der Waals surface area contributed by atoms with Crippen molar-refractivity contribution in [2.45, 2.75) is 72.5 Å². The van der Waals surface area contributed by atoms with Gasteiger partial charge in [-0.15, -0.1) is 0 Å². The summed E-state index contributed by atoms with van der Waals surface area (Å²) >= 11 is 0. The minimum atomic E-state index is 0.690. The molecule has 0 aromatic carbocycles. The molecule has 3 nitrogen and oxygen atoms in total. The van der Waals surface area contributed by atoms with Gasteiger partial charge in [0.05, 0.1) is 0 Å². The molecule has 2 saturated heterocycles. The summed E-state index contributed by atoms with van der Waals surface area (Å²) in [5.41, 5.74) is 0. The predicted octanol–water partition coefficient (Wildman–Crippen LogP) is 3.16. The van der Waals surface area contributed by atoms with E-state index in [0.717, 1.165) is 5.92 Å². The zero-order valence-electron chi connectivity index (χ0n) is 15.6. The highest BCUT2D eigenvalue weighted by molar-refractivity contribution is 4.88. The Kier molecular flexibility index (Phi) is 8.22. The molecule has 0 unspecified atom stereocenters. The summed E-state index contributed by atoms with van der Waals surface area (Å²) in [4.78, 5) is 7.88. The van der Waals surface area contributed by atoms with Crippen LogP contribution in [0.3, 0.4) is 0 Å². The maximum Gasteiger partial charge on any atom is 0.0198 e. The van der Waals surface area contributed by atoms with Crippen LogP contribution in [0.2, 0.25) is 0 Å². The quantitative estimate of drug-likeness (QED) is 0.792. The summed E-state index contributed by atoms with van der Waals surface area (Å²) in [6, 6.07) is 2.12. The van der Waals surface area contributed by atoms with E-state index >= 15 is 0 Å². The van der Waals surface area contributed by atoms with Crippen molar-refractivity contribution < 1.29 is 0 Å². The van der Waals surface area contributed by atoms with Gasteiger partial charge in [-0.2, -0.15) is 0 Å². The van der Waals surface area contributed by atoms with Crippen molar-refractivity contribution in [1.29, 1.82) is 0 Å². The van der Waals surface area contributed by atoms with E-state index in [1.807, 2.05) is 13.8 Å². The summed E-state index contributed by atoms with van der Waals surface area (Å²) in [7, 11) is 2.25. The average Bonchev–Trinajstić information content (AvgIpc) is 2.46. The summed E-state index contributed by atoms with van der Waals surface area (Å²) in [5, 5.41) is 0. The molecule has 2 fully saturated rings. The maximum absolute atomic E-state index is 2.77. The highest BCUT2D eigenvalue weighted by Crippen LogP contribution is 2.23. The van der Waals surface area contributed by atoms with Gasteiger partial charge in [-0.05, 0) is 66.6 Å². The van der Waals surface area contributed by atoms with E-state index in [-0.39, 0.29) is 0 Å². The van der Waals surface area contributed by atoms with E-state index in [2.05, 4.69) is 49.4 Å². The Morgan fingerprint density at radius 1 is 0.952 bits per heavy atom.